The van der Waals surface area contributed by atoms with Crippen molar-refractivity contribution in [1.82, 2.24) is 9.44 Å². The van der Waals surface area contributed by atoms with Crippen molar-refractivity contribution in [2.75, 3.05) is 6.26 Å². The summed E-state index contributed by atoms with van der Waals surface area (Å²) in [5.41, 5.74) is 0. The van der Waals surface area contributed by atoms with Gasteiger partial charge in [0.05, 0.1) is 6.26 Å². The van der Waals surface area contributed by atoms with Crippen molar-refractivity contribution in [2.45, 2.75) is 44.7 Å². The van der Waals surface area contributed by atoms with Crippen LogP contribution in [-0.2, 0) is 20.0 Å². The van der Waals surface area contributed by atoms with Crippen molar-refractivity contribution in [1.29, 1.82) is 0 Å². The molecule has 0 spiro atoms. The van der Waals surface area contributed by atoms with E-state index in [1.807, 2.05) is 0 Å². The standard InChI is InChI=1S/C9H12FNO2S.C4H11NO2S/c1-7(2)11-14(12,13)9-6-4-3-5-8(9)10;1-4(2)5-8(3,6)7/h3-7,11H,1-2H3;4-5H,1-3H3. The van der Waals surface area contributed by atoms with Crippen LogP contribution >= 0.6 is 0 Å². The van der Waals surface area contributed by atoms with Crippen molar-refractivity contribution in [2.24, 2.45) is 0 Å². The number of sulfonamides is 2. The molecule has 6 nitrogen and oxygen atoms in total. The van der Waals surface area contributed by atoms with Gasteiger partial charge in [-0.1, -0.05) is 12.1 Å². The summed E-state index contributed by atoms with van der Waals surface area (Å²) >= 11 is 0. The number of halogens is 1. The summed E-state index contributed by atoms with van der Waals surface area (Å²) in [5.74, 6) is -0.736. The van der Waals surface area contributed by atoms with E-state index in [1.165, 1.54) is 18.2 Å². The topological polar surface area (TPSA) is 92.3 Å². The smallest absolute Gasteiger partial charge is 0.213 e. The molecule has 0 radical (unpaired) electrons. The molecule has 128 valence electrons. The molecule has 9 heteroatoms. The lowest BCUT2D eigenvalue weighted by Crippen LogP contribution is -2.30. The molecule has 1 aromatic rings. The maximum atomic E-state index is 13.1. The molecule has 2 N–H and O–H groups in total. The quantitative estimate of drug-likeness (QED) is 0.837. The van der Waals surface area contributed by atoms with Crippen LogP contribution in [0.5, 0.6) is 0 Å². The van der Waals surface area contributed by atoms with Crippen molar-refractivity contribution in [3.05, 3.63) is 30.1 Å². The van der Waals surface area contributed by atoms with Crippen LogP contribution in [0.2, 0.25) is 0 Å². The van der Waals surface area contributed by atoms with Gasteiger partial charge in [0.1, 0.15) is 10.7 Å². The summed E-state index contributed by atoms with van der Waals surface area (Å²) < 4.78 is 61.5. The highest BCUT2D eigenvalue weighted by molar-refractivity contribution is 7.89. The van der Waals surface area contributed by atoms with Gasteiger partial charge >= 0.3 is 0 Å². The SMILES string of the molecule is CC(C)NS(=O)(=O)c1ccccc1F.CC(C)NS(C)(=O)=O. The maximum absolute atomic E-state index is 13.1. The molecule has 0 saturated heterocycles. The Kier molecular flexibility index (Phi) is 8.16. The zero-order valence-corrected chi connectivity index (χ0v) is 14.9. The molecule has 0 unspecified atom stereocenters. The Morgan fingerprint density at radius 3 is 1.68 bits per heavy atom. The summed E-state index contributed by atoms with van der Waals surface area (Å²) in [7, 11) is -6.69. The highest BCUT2D eigenvalue weighted by Crippen LogP contribution is 2.13. The number of benzene rings is 1. The lowest BCUT2D eigenvalue weighted by atomic mass is 10.4. The second-order valence-corrected chi connectivity index (χ2v) is 8.71. The molecule has 0 bridgehead atoms. The third kappa shape index (κ3) is 9.08. The van der Waals surface area contributed by atoms with Crippen molar-refractivity contribution >= 4 is 20.0 Å². The van der Waals surface area contributed by atoms with E-state index >= 15 is 0 Å². The second-order valence-electron chi connectivity index (χ2n) is 5.25. The van der Waals surface area contributed by atoms with Crippen LogP contribution in [0.15, 0.2) is 29.2 Å². The first-order valence-corrected chi connectivity index (χ1v) is 9.96. The normalized spacial score (nSPS) is 12.2. The Labute approximate surface area is 132 Å². The molecule has 0 amide bonds. The van der Waals surface area contributed by atoms with Crippen LogP contribution in [-0.4, -0.2) is 35.2 Å². The third-order valence-electron chi connectivity index (χ3n) is 1.97. The zero-order chi connectivity index (χ0) is 17.6. The van der Waals surface area contributed by atoms with Crippen LogP contribution in [0.25, 0.3) is 0 Å². The Morgan fingerprint density at radius 2 is 1.36 bits per heavy atom. The molecule has 0 aromatic heterocycles. The molecule has 0 atom stereocenters. The monoisotopic (exact) mass is 354 g/mol. The van der Waals surface area contributed by atoms with Gasteiger partial charge in [0.25, 0.3) is 0 Å². The van der Waals surface area contributed by atoms with Gasteiger partial charge in [-0.15, -0.1) is 0 Å². The summed E-state index contributed by atoms with van der Waals surface area (Å²) in [6.07, 6.45) is 1.15. The second kappa shape index (κ2) is 8.56. The van der Waals surface area contributed by atoms with Gasteiger partial charge in [-0.25, -0.2) is 30.7 Å². The fourth-order valence-corrected chi connectivity index (χ4v) is 3.65. The Morgan fingerprint density at radius 1 is 0.909 bits per heavy atom. The van der Waals surface area contributed by atoms with Crippen LogP contribution in [0.4, 0.5) is 4.39 Å². The first-order valence-electron chi connectivity index (χ1n) is 6.59. The fraction of sp³-hybridized carbons (Fsp3) is 0.538. The number of rotatable bonds is 5. The first kappa shape index (κ1) is 21.0. The van der Waals surface area contributed by atoms with Crippen molar-refractivity contribution in [3.63, 3.8) is 0 Å². The molecule has 0 aliphatic carbocycles. The van der Waals surface area contributed by atoms with E-state index in [4.69, 9.17) is 0 Å². The lowest BCUT2D eigenvalue weighted by molar-refractivity contribution is 0.549. The minimum absolute atomic E-state index is 0.00463. The molecular formula is C13H23FN2O4S2. The molecule has 0 saturated carbocycles. The van der Waals surface area contributed by atoms with Crippen LogP contribution < -0.4 is 9.44 Å². The molecule has 0 aliphatic rings. The van der Waals surface area contributed by atoms with Gasteiger partial charge in [0.2, 0.25) is 20.0 Å². The summed E-state index contributed by atoms with van der Waals surface area (Å²) in [6.45, 7) is 6.92. The van der Waals surface area contributed by atoms with Gasteiger partial charge in [0.15, 0.2) is 0 Å². The third-order valence-corrected chi connectivity index (χ3v) is 4.56. The van der Waals surface area contributed by atoms with E-state index in [9.17, 15) is 21.2 Å². The summed E-state index contributed by atoms with van der Waals surface area (Å²) in [6, 6.07) is 5.04. The molecular weight excluding hydrogens is 331 g/mol. The Bertz CT molecular complexity index is 671. The van der Waals surface area contributed by atoms with Gasteiger partial charge in [-0.05, 0) is 39.8 Å². The van der Waals surface area contributed by atoms with E-state index < -0.39 is 25.9 Å². The largest absolute Gasteiger partial charge is 0.243 e. The Hall–Kier alpha value is -1.03. The van der Waals surface area contributed by atoms with Crippen LogP contribution in [0.3, 0.4) is 0 Å². The van der Waals surface area contributed by atoms with Crippen LogP contribution in [0, 0.1) is 5.82 Å². The fourth-order valence-electron chi connectivity index (χ4n) is 1.46. The number of hydrogen-bond acceptors (Lipinski definition) is 4. The molecule has 22 heavy (non-hydrogen) atoms. The van der Waals surface area contributed by atoms with Crippen LogP contribution in [0.1, 0.15) is 27.7 Å². The van der Waals surface area contributed by atoms with E-state index in [-0.39, 0.29) is 17.0 Å². The van der Waals surface area contributed by atoms with Gasteiger partial charge in [0, 0.05) is 12.1 Å². The molecule has 1 rings (SSSR count). The predicted octanol–water partition coefficient (Wildman–Crippen LogP) is 1.46. The van der Waals surface area contributed by atoms with E-state index in [0.29, 0.717) is 0 Å². The number of nitrogens with one attached hydrogen (secondary N) is 2. The predicted molar refractivity (Wildman–Crippen MR) is 85.0 cm³/mol. The molecule has 0 aliphatic heterocycles. The van der Waals surface area contributed by atoms with E-state index in [1.54, 1.807) is 27.7 Å². The summed E-state index contributed by atoms with van der Waals surface area (Å²) in [4.78, 5) is -0.311. The number of hydrogen-bond donors (Lipinski definition) is 2. The maximum Gasteiger partial charge on any atom is 0.243 e. The van der Waals surface area contributed by atoms with Gasteiger partial charge in [-0.3, -0.25) is 0 Å². The van der Waals surface area contributed by atoms with E-state index in [0.717, 1.165) is 12.3 Å². The first-order chi connectivity index (χ1) is 9.85. The summed E-state index contributed by atoms with van der Waals surface area (Å²) in [5, 5.41) is 0. The van der Waals surface area contributed by atoms with Crippen molar-refractivity contribution in [3.8, 4) is 0 Å². The minimum Gasteiger partial charge on any atom is -0.213 e. The van der Waals surface area contributed by atoms with E-state index in [2.05, 4.69) is 9.44 Å². The molecule has 0 fully saturated rings. The average molecular weight is 354 g/mol. The highest BCUT2D eigenvalue weighted by atomic mass is 32.2. The Balaban J connectivity index is 0.000000472. The molecule has 1 aromatic carbocycles. The lowest BCUT2D eigenvalue weighted by Gasteiger charge is -2.09. The zero-order valence-electron chi connectivity index (χ0n) is 13.3. The highest BCUT2D eigenvalue weighted by Gasteiger charge is 2.18. The van der Waals surface area contributed by atoms with Gasteiger partial charge in [-0.2, -0.15) is 0 Å². The van der Waals surface area contributed by atoms with Gasteiger partial charge < -0.3 is 0 Å². The van der Waals surface area contributed by atoms with Crippen molar-refractivity contribution < 1.29 is 21.2 Å². The molecule has 0 heterocycles. The average Bonchev–Trinajstić information content (AvgIpc) is 2.24. The minimum atomic E-state index is -3.72.